The van der Waals surface area contributed by atoms with Gasteiger partial charge in [-0.1, -0.05) is 6.07 Å². The number of carbonyl (C=O) groups is 4. The second-order valence-corrected chi connectivity index (χ2v) is 6.25. The van der Waals surface area contributed by atoms with Crippen LogP contribution in [0.1, 0.15) is 24.0 Å². The fraction of sp³-hybridized carbons (Fsp3) is 0.412. The van der Waals surface area contributed by atoms with Crippen LogP contribution < -0.4 is 10.2 Å². The molecule has 0 aromatic heterocycles. The van der Waals surface area contributed by atoms with Crippen LogP contribution in [0, 0.1) is 6.92 Å². The van der Waals surface area contributed by atoms with Crippen LogP contribution in [0.15, 0.2) is 18.2 Å². The lowest BCUT2D eigenvalue weighted by atomic mass is 10.0. The number of imide groups is 1. The lowest BCUT2D eigenvalue weighted by Crippen LogP contribution is -2.51. The molecule has 1 aromatic rings. The number of carbonyl (C=O) groups excluding carboxylic acids is 4. The van der Waals surface area contributed by atoms with Crippen molar-refractivity contribution in [2.45, 2.75) is 32.4 Å². The number of anilines is 1. The molecule has 0 saturated carbocycles. The second-order valence-electron chi connectivity index (χ2n) is 6.25. The Morgan fingerprint density at radius 1 is 1.29 bits per heavy atom. The van der Waals surface area contributed by atoms with Crippen molar-refractivity contribution in [3.8, 4) is 0 Å². The Morgan fingerprint density at radius 3 is 2.67 bits per heavy atom. The highest BCUT2D eigenvalue weighted by atomic mass is 16.2. The number of nitrogens with one attached hydrogen (secondary N) is 1. The van der Waals surface area contributed by atoms with Crippen LogP contribution in [0.2, 0.25) is 0 Å². The van der Waals surface area contributed by atoms with Crippen molar-refractivity contribution in [2.24, 2.45) is 0 Å². The number of amides is 3. The van der Waals surface area contributed by atoms with Crippen molar-refractivity contribution in [3.05, 3.63) is 29.3 Å². The SMILES string of the molecule is Cc1ccc(N2CC(=O)C2)cc1CN(C=O)C1CCC(=O)NC1=O. The van der Waals surface area contributed by atoms with Gasteiger partial charge in [-0.3, -0.25) is 24.5 Å². The summed E-state index contributed by atoms with van der Waals surface area (Å²) >= 11 is 0. The number of piperidine rings is 1. The highest BCUT2D eigenvalue weighted by Gasteiger charge is 2.31. The molecule has 1 unspecified atom stereocenters. The van der Waals surface area contributed by atoms with E-state index in [1.165, 1.54) is 4.90 Å². The molecule has 126 valence electrons. The normalized spacial score (nSPS) is 20.5. The number of aryl methyl sites for hydroxylation is 1. The monoisotopic (exact) mass is 329 g/mol. The number of benzene rings is 1. The van der Waals surface area contributed by atoms with E-state index < -0.39 is 11.9 Å². The van der Waals surface area contributed by atoms with Gasteiger partial charge in [-0.25, -0.2) is 0 Å². The molecule has 24 heavy (non-hydrogen) atoms. The average molecular weight is 329 g/mol. The second kappa shape index (κ2) is 6.43. The molecule has 1 aromatic carbocycles. The predicted molar refractivity (Wildman–Crippen MR) is 86.2 cm³/mol. The summed E-state index contributed by atoms with van der Waals surface area (Å²) in [6, 6.07) is 5.21. The number of rotatable bonds is 5. The summed E-state index contributed by atoms with van der Waals surface area (Å²) in [6.07, 6.45) is 1.22. The molecular weight excluding hydrogens is 310 g/mol. The Bertz CT molecular complexity index is 708. The van der Waals surface area contributed by atoms with Gasteiger partial charge in [0.15, 0.2) is 5.78 Å². The van der Waals surface area contributed by atoms with E-state index in [2.05, 4.69) is 5.32 Å². The van der Waals surface area contributed by atoms with Crippen LogP contribution in [0.4, 0.5) is 5.69 Å². The maximum atomic E-state index is 12.0. The lowest BCUT2D eigenvalue weighted by molar-refractivity contribution is -0.141. The summed E-state index contributed by atoms with van der Waals surface area (Å²) in [6.45, 7) is 3.05. The lowest BCUT2D eigenvalue weighted by Gasteiger charge is -2.33. The summed E-state index contributed by atoms with van der Waals surface area (Å²) in [7, 11) is 0. The standard InChI is InChI=1S/C17H19N3O4/c1-11-2-3-13(19-8-14(22)9-19)6-12(11)7-20(10-21)15-4-5-16(23)18-17(15)24/h2-3,6,10,15H,4-5,7-9H2,1H3,(H,18,23,24). The van der Waals surface area contributed by atoms with Gasteiger partial charge < -0.3 is 9.80 Å². The summed E-state index contributed by atoms with van der Waals surface area (Å²) in [5.41, 5.74) is 2.86. The van der Waals surface area contributed by atoms with Crippen molar-refractivity contribution >= 4 is 29.7 Å². The number of Topliss-reactive ketones (excluding diaryl/α,β-unsaturated/α-hetero) is 1. The third-order valence-electron chi connectivity index (χ3n) is 4.53. The first-order chi connectivity index (χ1) is 11.5. The van der Waals surface area contributed by atoms with Gasteiger partial charge in [0.25, 0.3) is 0 Å². The molecule has 2 aliphatic heterocycles. The molecule has 0 aliphatic carbocycles. The molecule has 7 nitrogen and oxygen atoms in total. The summed E-state index contributed by atoms with van der Waals surface area (Å²) < 4.78 is 0. The highest BCUT2D eigenvalue weighted by molar-refractivity contribution is 6.00. The summed E-state index contributed by atoms with van der Waals surface area (Å²) in [5.74, 6) is -0.529. The van der Waals surface area contributed by atoms with E-state index >= 15 is 0 Å². The van der Waals surface area contributed by atoms with Crippen molar-refractivity contribution < 1.29 is 19.2 Å². The molecule has 2 aliphatic rings. The van der Waals surface area contributed by atoms with Gasteiger partial charge >= 0.3 is 0 Å². The van der Waals surface area contributed by atoms with Gasteiger partial charge in [0, 0.05) is 18.7 Å². The van der Waals surface area contributed by atoms with Crippen LogP contribution in [0.3, 0.4) is 0 Å². The van der Waals surface area contributed by atoms with E-state index in [1.807, 2.05) is 30.0 Å². The third kappa shape index (κ3) is 3.15. The van der Waals surface area contributed by atoms with Crippen LogP contribution >= 0.6 is 0 Å². The smallest absolute Gasteiger partial charge is 0.249 e. The number of nitrogens with zero attached hydrogens (tertiary/aromatic N) is 2. The molecule has 0 radical (unpaired) electrons. The molecule has 3 rings (SSSR count). The Morgan fingerprint density at radius 2 is 2.04 bits per heavy atom. The average Bonchev–Trinajstić information content (AvgIpc) is 2.52. The van der Waals surface area contributed by atoms with Crippen molar-refractivity contribution in [1.29, 1.82) is 0 Å². The maximum Gasteiger partial charge on any atom is 0.249 e. The van der Waals surface area contributed by atoms with E-state index in [1.54, 1.807) is 0 Å². The van der Waals surface area contributed by atoms with Gasteiger partial charge in [0.1, 0.15) is 6.04 Å². The fourth-order valence-corrected chi connectivity index (χ4v) is 3.00. The van der Waals surface area contributed by atoms with E-state index in [4.69, 9.17) is 0 Å². The molecule has 2 saturated heterocycles. The summed E-state index contributed by atoms with van der Waals surface area (Å²) in [5, 5.41) is 2.27. The molecule has 2 fully saturated rings. The first-order valence-corrected chi connectivity index (χ1v) is 7.89. The minimum atomic E-state index is -0.631. The molecule has 1 atom stereocenters. The first-order valence-electron chi connectivity index (χ1n) is 7.89. The van der Waals surface area contributed by atoms with Gasteiger partial charge in [-0.15, -0.1) is 0 Å². The Kier molecular flexibility index (Phi) is 4.33. The summed E-state index contributed by atoms with van der Waals surface area (Å²) in [4.78, 5) is 49.3. The fourth-order valence-electron chi connectivity index (χ4n) is 3.00. The number of hydrogen-bond acceptors (Lipinski definition) is 5. The van der Waals surface area contributed by atoms with Crippen molar-refractivity contribution in [1.82, 2.24) is 10.2 Å². The molecule has 3 amide bonds. The maximum absolute atomic E-state index is 12.0. The minimum absolute atomic E-state index is 0.204. The largest absolute Gasteiger partial charge is 0.357 e. The zero-order chi connectivity index (χ0) is 17.3. The Labute approximate surface area is 139 Å². The third-order valence-corrected chi connectivity index (χ3v) is 4.53. The topological polar surface area (TPSA) is 86.8 Å². The van der Waals surface area contributed by atoms with Crippen molar-refractivity contribution in [3.63, 3.8) is 0 Å². The van der Waals surface area contributed by atoms with E-state index in [0.717, 1.165) is 16.8 Å². The van der Waals surface area contributed by atoms with Gasteiger partial charge in [-0.05, 0) is 36.6 Å². The predicted octanol–water partition coefficient (Wildman–Crippen LogP) is 0.148. The molecule has 1 N–H and O–H groups in total. The Hall–Kier alpha value is -2.70. The van der Waals surface area contributed by atoms with Crippen LogP contribution in [-0.4, -0.2) is 48.0 Å². The number of ketones is 1. The molecule has 7 heteroatoms. The van der Waals surface area contributed by atoms with Gasteiger partial charge in [0.2, 0.25) is 18.2 Å². The van der Waals surface area contributed by atoms with E-state index in [0.29, 0.717) is 25.9 Å². The molecule has 0 bridgehead atoms. The molecule has 2 heterocycles. The van der Waals surface area contributed by atoms with Gasteiger partial charge in [0.05, 0.1) is 13.1 Å². The zero-order valence-corrected chi connectivity index (χ0v) is 13.4. The quantitative estimate of drug-likeness (QED) is 0.614. The number of hydrogen-bond donors (Lipinski definition) is 1. The van der Waals surface area contributed by atoms with Gasteiger partial charge in [-0.2, -0.15) is 0 Å². The molecule has 0 spiro atoms. The van der Waals surface area contributed by atoms with Crippen molar-refractivity contribution in [2.75, 3.05) is 18.0 Å². The van der Waals surface area contributed by atoms with Crippen LogP contribution in [-0.2, 0) is 25.7 Å². The van der Waals surface area contributed by atoms with Crippen LogP contribution in [0.5, 0.6) is 0 Å². The minimum Gasteiger partial charge on any atom is -0.357 e. The van der Waals surface area contributed by atoms with E-state index in [9.17, 15) is 19.2 Å². The highest BCUT2D eigenvalue weighted by Crippen LogP contribution is 2.24. The zero-order valence-electron chi connectivity index (χ0n) is 13.4. The first kappa shape index (κ1) is 16.2. The van der Waals surface area contributed by atoms with E-state index in [-0.39, 0.29) is 24.7 Å². The Balaban J connectivity index is 1.76. The van der Waals surface area contributed by atoms with Crippen LogP contribution in [0.25, 0.3) is 0 Å². The molecular formula is C17H19N3O4.